The fraction of sp³-hybridized carbons (Fsp3) is 0.111. The number of carbonyl (C=O) groups is 2. The SMILES string of the molecule is COC(=O)Cc1sc(NC(=O)c2cccnc2)nc1-c1ccccc1. The van der Waals surface area contributed by atoms with E-state index in [4.69, 9.17) is 4.74 Å². The van der Waals surface area contributed by atoms with Gasteiger partial charge in [0.2, 0.25) is 0 Å². The number of amides is 1. The molecule has 3 rings (SSSR count). The maximum Gasteiger partial charge on any atom is 0.310 e. The monoisotopic (exact) mass is 353 g/mol. The third-order valence-electron chi connectivity index (χ3n) is 3.42. The highest BCUT2D eigenvalue weighted by Gasteiger charge is 2.18. The predicted molar refractivity (Wildman–Crippen MR) is 95.5 cm³/mol. The first kappa shape index (κ1) is 16.8. The summed E-state index contributed by atoms with van der Waals surface area (Å²) in [5.74, 6) is -0.656. The molecule has 0 fully saturated rings. The Hall–Kier alpha value is -3.06. The molecule has 0 aliphatic carbocycles. The molecule has 0 bridgehead atoms. The fourth-order valence-corrected chi connectivity index (χ4v) is 3.18. The Balaban J connectivity index is 1.90. The maximum atomic E-state index is 12.3. The quantitative estimate of drug-likeness (QED) is 0.713. The number of hydrogen-bond donors (Lipinski definition) is 1. The van der Waals surface area contributed by atoms with E-state index < -0.39 is 0 Å². The minimum atomic E-state index is -0.356. The minimum absolute atomic E-state index is 0.0984. The molecule has 1 N–H and O–H groups in total. The molecule has 0 radical (unpaired) electrons. The third kappa shape index (κ3) is 4.07. The van der Waals surface area contributed by atoms with Crippen LogP contribution in [0.3, 0.4) is 0 Å². The number of carbonyl (C=O) groups excluding carboxylic acids is 2. The van der Waals surface area contributed by atoms with Crippen molar-refractivity contribution in [3.8, 4) is 11.3 Å². The van der Waals surface area contributed by atoms with Gasteiger partial charge in [0.15, 0.2) is 5.13 Å². The summed E-state index contributed by atoms with van der Waals surface area (Å²) < 4.78 is 4.75. The number of hydrogen-bond acceptors (Lipinski definition) is 6. The highest BCUT2D eigenvalue weighted by Crippen LogP contribution is 2.32. The molecule has 0 unspecified atom stereocenters. The van der Waals surface area contributed by atoms with Gasteiger partial charge in [-0.15, -0.1) is 11.3 Å². The highest BCUT2D eigenvalue weighted by atomic mass is 32.1. The minimum Gasteiger partial charge on any atom is -0.469 e. The Bertz CT molecular complexity index is 879. The number of esters is 1. The van der Waals surface area contributed by atoms with Crippen molar-refractivity contribution < 1.29 is 14.3 Å². The number of nitrogens with one attached hydrogen (secondary N) is 1. The third-order valence-corrected chi connectivity index (χ3v) is 4.39. The lowest BCUT2D eigenvalue weighted by Crippen LogP contribution is -2.11. The lowest BCUT2D eigenvalue weighted by molar-refractivity contribution is -0.139. The number of benzene rings is 1. The summed E-state index contributed by atoms with van der Waals surface area (Å²) in [4.78, 5) is 33.1. The van der Waals surface area contributed by atoms with Crippen molar-refractivity contribution in [3.63, 3.8) is 0 Å². The average Bonchev–Trinajstić information content (AvgIpc) is 3.05. The molecule has 0 atom stereocenters. The van der Waals surface area contributed by atoms with Crippen molar-refractivity contribution in [1.82, 2.24) is 9.97 Å². The molecule has 0 saturated heterocycles. The summed E-state index contributed by atoms with van der Waals surface area (Å²) in [5.41, 5.74) is 1.98. The van der Waals surface area contributed by atoms with Crippen molar-refractivity contribution in [2.75, 3.05) is 12.4 Å². The summed E-state index contributed by atoms with van der Waals surface area (Å²) in [5, 5.41) is 3.18. The summed E-state index contributed by atoms with van der Waals surface area (Å²) in [6.07, 6.45) is 3.18. The van der Waals surface area contributed by atoms with Crippen LogP contribution in [-0.2, 0) is 16.0 Å². The molecule has 3 aromatic rings. The van der Waals surface area contributed by atoms with Gasteiger partial charge in [0.05, 0.1) is 24.8 Å². The number of thiazole rings is 1. The normalized spacial score (nSPS) is 10.3. The van der Waals surface area contributed by atoms with E-state index in [2.05, 4.69) is 15.3 Å². The summed E-state index contributed by atoms with van der Waals surface area (Å²) in [6, 6.07) is 12.9. The molecule has 0 spiro atoms. The number of aromatic nitrogens is 2. The number of pyridine rings is 1. The first-order valence-corrected chi connectivity index (χ1v) is 8.32. The summed E-state index contributed by atoms with van der Waals surface area (Å²) in [7, 11) is 1.34. The van der Waals surface area contributed by atoms with E-state index >= 15 is 0 Å². The van der Waals surface area contributed by atoms with Crippen LogP contribution in [0.25, 0.3) is 11.3 Å². The second kappa shape index (κ2) is 7.67. The van der Waals surface area contributed by atoms with E-state index in [1.807, 2.05) is 30.3 Å². The largest absolute Gasteiger partial charge is 0.469 e. The van der Waals surface area contributed by atoms with Gasteiger partial charge in [0, 0.05) is 22.8 Å². The van der Waals surface area contributed by atoms with Crippen molar-refractivity contribution in [2.45, 2.75) is 6.42 Å². The predicted octanol–water partition coefficient (Wildman–Crippen LogP) is 3.17. The topological polar surface area (TPSA) is 81.2 Å². The first-order valence-electron chi connectivity index (χ1n) is 7.50. The van der Waals surface area contributed by atoms with Gasteiger partial charge < -0.3 is 4.74 Å². The Labute approximate surface area is 148 Å². The second-order valence-corrected chi connectivity index (χ2v) is 6.19. The fourth-order valence-electron chi connectivity index (χ4n) is 2.22. The molecule has 2 heterocycles. The zero-order valence-corrected chi connectivity index (χ0v) is 14.2. The molecule has 0 aliphatic rings. The Kier molecular flexibility index (Phi) is 5.15. The molecule has 1 aromatic carbocycles. The van der Waals surface area contributed by atoms with Crippen molar-refractivity contribution in [1.29, 1.82) is 0 Å². The van der Waals surface area contributed by atoms with Crippen LogP contribution >= 0.6 is 11.3 Å². The van der Waals surface area contributed by atoms with Crippen LogP contribution in [-0.4, -0.2) is 29.0 Å². The van der Waals surface area contributed by atoms with Gasteiger partial charge in [-0.05, 0) is 12.1 Å². The van der Waals surface area contributed by atoms with Crippen molar-refractivity contribution in [3.05, 3.63) is 65.3 Å². The van der Waals surface area contributed by atoms with E-state index in [1.165, 1.54) is 24.6 Å². The van der Waals surface area contributed by atoms with Crippen LogP contribution in [0.5, 0.6) is 0 Å². The molecule has 6 nitrogen and oxygen atoms in total. The summed E-state index contributed by atoms with van der Waals surface area (Å²) in [6.45, 7) is 0. The van der Waals surface area contributed by atoms with Gasteiger partial charge >= 0.3 is 5.97 Å². The van der Waals surface area contributed by atoms with Gasteiger partial charge in [0.25, 0.3) is 5.91 Å². The smallest absolute Gasteiger partial charge is 0.310 e. The molecular weight excluding hydrogens is 338 g/mol. The van der Waals surface area contributed by atoms with Gasteiger partial charge in [-0.25, -0.2) is 4.98 Å². The molecule has 25 heavy (non-hydrogen) atoms. The average molecular weight is 353 g/mol. The molecule has 2 aromatic heterocycles. The summed E-state index contributed by atoms with van der Waals surface area (Å²) >= 11 is 1.26. The van der Waals surface area contributed by atoms with Gasteiger partial charge in [-0.3, -0.25) is 19.9 Å². The van der Waals surface area contributed by atoms with Crippen LogP contribution in [0.15, 0.2) is 54.9 Å². The molecule has 0 aliphatic heterocycles. The standard InChI is InChI=1S/C18H15N3O3S/c1-24-15(22)10-14-16(12-6-3-2-4-7-12)20-18(25-14)21-17(23)13-8-5-9-19-11-13/h2-9,11H,10H2,1H3,(H,20,21,23). The zero-order valence-electron chi connectivity index (χ0n) is 13.4. The van der Waals surface area contributed by atoms with E-state index in [9.17, 15) is 9.59 Å². The number of rotatable bonds is 5. The maximum absolute atomic E-state index is 12.3. The van der Waals surface area contributed by atoms with Crippen LogP contribution < -0.4 is 5.32 Å². The number of anilines is 1. The number of ether oxygens (including phenoxy) is 1. The van der Waals surface area contributed by atoms with E-state index in [-0.39, 0.29) is 18.3 Å². The Morgan fingerprint density at radius 1 is 1.16 bits per heavy atom. The van der Waals surface area contributed by atoms with Crippen LogP contribution in [0, 0.1) is 0 Å². The van der Waals surface area contributed by atoms with Crippen molar-refractivity contribution in [2.24, 2.45) is 0 Å². The lowest BCUT2D eigenvalue weighted by atomic mass is 10.1. The van der Waals surface area contributed by atoms with Gasteiger partial charge in [0.1, 0.15) is 0 Å². The van der Waals surface area contributed by atoms with E-state index in [0.717, 1.165) is 10.4 Å². The van der Waals surface area contributed by atoms with E-state index in [1.54, 1.807) is 18.3 Å². The van der Waals surface area contributed by atoms with Crippen LogP contribution in [0.4, 0.5) is 5.13 Å². The van der Waals surface area contributed by atoms with E-state index in [0.29, 0.717) is 16.4 Å². The van der Waals surface area contributed by atoms with Crippen molar-refractivity contribution >= 4 is 28.3 Å². The second-order valence-electron chi connectivity index (χ2n) is 5.11. The zero-order chi connectivity index (χ0) is 17.6. The lowest BCUT2D eigenvalue weighted by Gasteiger charge is -2.01. The van der Waals surface area contributed by atoms with Crippen LogP contribution in [0.1, 0.15) is 15.2 Å². The Morgan fingerprint density at radius 2 is 1.96 bits per heavy atom. The molecule has 0 saturated carbocycles. The Morgan fingerprint density at radius 3 is 2.64 bits per heavy atom. The molecule has 7 heteroatoms. The van der Waals surface area contributed by atoms with Gasteiger partial charge in [-0.2, -0.15) is 0 Å². The molecular formula is C18H15N3O3S. The molecule has 126 valence electrons. The highest BCUT2D eigenvalue weighted by molar-refractivity contribution is 7.16. The van der Waals surface area contributed by atoms with Crippen LogP contribution in [0.2, 0.25) is 0 Å². The first-order chi connectivity index (χ1) is 12.2. The number of nitrogens with zero attached hydrogens (tertiary/aromatic N) is 2. The van der Waals surface area contributed by atoms with Gasteiger partial charge in [-0.1, -0.05) is 30.3 Å². The number of methoxy groups -OCH3 is 1. The molecule has 1 amide bonds.